The van der Waals surface area contributed by atoms with Crippen LogP contribution in [0.1, 0.15) is 49.0 Å². The van der Waals surface area contributed by atoms with E-state index in [1.807, 2.05) is 13.0 Å². The number of nitrogens with one attached hydrogen (secondary N) is 2. The van der Waals surface area contributed by atoms with Crippen molar-refractivity contribution >= 4 is 5.96 Å². The van der Waals surface area contributed by atoms with Gasteiger partial charge in [0.2, 0.25) is 0 Å². The molecule has 0 fully saturated rings. The molecule has 1 aromatic carbocycles. The third-order valence-corrected chi connectivity index (χ3v) is 5.13. The first-order valence-corrected chi connectivity index (χ1v) is 10.4. The molecule has 0 amide bonds. The molecule has 7 heteroatoms. The Kier molecular flexibility index (Phi) is 7.39. The molecule has 1 aromatic heterocycles. The van der Waals surface area contributed by atoms with Crippen LogP contribution in [0.3, 0.4) is 0 Å². The molecule has 0 aliphatic carbocycles. The lowest BCUT2D eigenvalue weighted by atomic mass is 10.1. The maximum absolute atomic E-state index is 13.2. The van der Waals surface area contributed by atoms with Gasteiger partial charge in [-0.3, -0.25) is 4.99 Å². The summed E-state index contributed by atoms with van der Waals surface area (Å²) in [6.45, 7) is 7.25. The van der Waals surface area contributed by atoms with Gasteiger partial charge in [0.25, 0.3) is 0 Å². The molecule has 0 radical (unpaired) electrons. The van der Waals surface area contributed by atoms with E-state index in [9.17, 15) is 4.39 Å². The highest BCUT2D eigenvalue weighted by atomic mass is 19.1. The summed E-state index contributed by atoms with van der Waals surface area (Å²) >= 11 is 0. The molecule has 1 aliphatic rings. The fourth-order valence-electron chi connectivity index (χ4n) is 3.60. The van der Waals surface area contributed by atoms with Gasteiger partial charge in [-0.2, -0.15) is 0 Å². The molecule has 3 rings (SSSR count). The number of nitrogens with zero attached hydrogens (tertiary/aromatic N) is 4. The van der Waals surface area contributed by atoms with Crippen LogP contribution in [0.25, 0.3) is 0 Å². The SMILES string of the molecule is CCNC(=NCCc1nnc2n1CCCCC2)NCCc1ccc(F)cc1C. The van der Waals surface area contributed by atoms with E-state index in [-0.39, 0.29) is 5.82 Å². The van der Waals surface area contributed by atoms with Crippen LogP contribution < -0.4 is 10.6 Å². The second-order valence-corrected chi connectivity index (χ2v) is 7.25. The first-order valence-electron chi connectivity index (χ1n) is 10.4. The maximum atomic E-state index is 13.2. The molecule has 0 unspecified atom stereocenters. The fraction of sp³-hybridized carbons (Fsp3) is 0.571. The Balaban J connectivity index is 1.52. The van der Waals surface area contributed by atoms with E-state index in [2.05, 4.69) is 37.3 Å². The topological polar surface area (TPSA) is 67.1 Å². The van der Waals surface area contributed by atoms with Gasteiger partial charge in [0.15, 0.2) is 5.96 Å². The van der Waals surface area contributed by atoms with Crippen LogP contribution in [-0.4, -0.2) is 40.4 Å². The summed E-state index contributed by atoms with van der Waals surface area (Å²) in [4.78, 5) is 4.68. The lowest BCUT2D eigenvalue weighted by Gasteiger charge is -2.12. The van der Waals surface area contributed by atoms with E-state index in [0.29, 0.717) is 6.54 Å². The highest BCUT2D eigenvalue weighted by Gasteiger charge is 2.14. The van der Waals surface area contributed by atoms with Crippen molar-refractivity contribution in [3.63, 3.8) is 0 Å². The van der Waals surface area contributed by atoms with Gasteiger partial charge in [0.1, 0.15) is 17.5 Å². The Morgan fingerprint density at radius 2 is 2.07 bits per heavy atom. The maximum Gasteiger partial charge on any atom is 0.191 e. The average molecular weight is 387 g/mol. The Morgan fingerprint density at radius 1 is 1.18 bits per heavy atom. The van der Waals surface area contributed by atoms with E-state index in [1.165, 1.54) is 25.3 Å². The molecule has 6 nitrogen and oxygen atoms in total. The quantitative estimate of drug-likeness (QED) is 0.567. The Bertz CT molecular complexity index is 798. The van der Waals surface area contributed by atoms with Gasteiger partial charge in [-0.1, -0.05) is 12.5 Å². The van der Waals surface area contributed by atoms with Crippen molar-refractivity contribution in [3.05, 3.63) is 46.8 Å². The number of aryl methyl sites for hydroxylation is 2. The van der Waals surface area contributed by atoms with Gasteiger partial charge in [-0.15, -0.1) is 10.2 Å². The minimum Gasteiger partial charge on any atom is -0.357 e. The first-order chi connectivity index (χ1) is 13.7. The van der Waals surface area contributed by atoms with E-state index in [4.69, 9.17) is 0 Å². The average Bonchev–Trinajstić information content (AvgIpc) is 2.90. The number of fused-ring (bicyclic) bond motifs is 1. The Morgan fingerprint density at radius 3 is 2.89 bits per heavy atom. The molecule has 2 aromatic rings. The fourth-order valence-corrected chi connectivity index (χ4v) is 3.60. The molecule has 2 N–H and O–H groups in total. The van der Waals surface area contributed by atoms with Gasteiger partial charge >= 0.3 is 0 Å². The molecule has 2 heterocycles. The lowest BCUT2D eigenvalue weighted by Crippen LogP contribution is -2.38. The minimum atomic E-state index is -0.185. The van der Waals surface area contributed by atoms with Crippen molar-refractivity contribution in [2.75, 3.05) is 19.6 Å². The summed E-state index contributed by atoms with van der Waals surface area (Å²) in [7, 11) is 0. The number of aromatic nitrogens is 3. The number of guanidine groups is 1. The van der Waals surface area contributed by atoms with Crippen LogP contribution in [-0.2, 0) is 25.8 Å². The molecule has 28 heavy (non-hydrogen) atoms. The number of aliphatic imine (C=N–C) groups is 1. The summed E-state index contributed by atoms with van der Waals surface area (Å²) in [6, 6.07) is 4.95. The number of benzene rings is 1. The van der Waals surface area contributed by atoms with Crippen molar-refractivity contribution in [2.45, 2.75) is 58.9 Å². The molecule has 0 saturated carbocycles. The standard InChI is InChI=1S/C21H31FN6/c1-3-23-21(24-12-10-17-8-9-18(22)15-16(17)2)25-13-11-20-27-26-19-7-5-4-6-14-28(19)20/h8-9,15H,3-7,10-14H2,1-2H3,(H2,23,24,25). The van der Waals surface area contributed by atoms with Crippen molar-refractivity contribution in [3.8, 4) is 0 Å². The van der Waals surface area contributed by atoms with Crippen molar-refractivity contribution in [2.24, 2.45) is 4.99 Å². The third-order valence-electron chi connectivity index (χ3n) is 5.13. The third kappa shape index (κ3) is 5.53. The van der Waals surface area contributed by atoms with Crippen LogP contribution >= 0.6 is 0 Å². The zero-order chi connectivity index (χ0) is 19.8. The Labute approximate surface area is 166 Å². The monoisotopic (exact) mass is 386 g/mol. The summed E-state index contributed by atoms with van der Waals surface area (Å²) in [6.07, 6.45) is 6.33. The molecule has 0 bridgehead atoms. The van der Waals surface area contributed by atoms with E-state index < -0.39 is 0 Å². The first kappa shape index (κ1) is 20.3. The predicted molar refractivity (Wildman–Crippen MR) is 110 cm³/mol. The molecule has 0 atom stereocenters. The number of halogens is 1. The van der Waals surface area contributed by atoms with E-state index >= 15 is 0 Å². The van der Waals surface area contributed by atoms with Crippen LogP contribution in [0.2, 0.25) is 0 Å². The van der Waals surface area contributed by atoms with Gasteiger partial charge in [0, 0.05) is 39.0 Å². The highest BCUT2D eigenvalue weighted by molar-refractivity contribution is 5.79. The second kappa shape index (κ2) is 10.2. The zero-order valence-corrected chi connectivity index (χ0v) is 17.0. The van der Waals surface area contributed by atoms with Gasteiger partial charge in [0.05, 0.1) is 0 Å². The van der Waals surface area contributed by atoms with Gasteiger partial charge in [-0.05, 0) is 56.4 Å². The zero-order valence-electron chi connectivity index (χ0n) is 17.0. The van der Waals surface area contributed by atoms with Crippen LogP contribution in [0, 0.1) is 12.7 Å². The second-order valence-electron chi connectivity index (χ2n) is 7.25. The molecule has 0 spiro atoms. The molecule has 1 aliphatic heterocycles. The number of hydrogen-bond acceptors (Lipinski definition) is 3. The summed E-state index contributed by atoms with van der Waals surface area (Å²) in [5, 5.41) is 15.4. The van der Waals surface area contributed by atoms with Crippen molar-refractivity contribution < 1.29 is 4.39 Å². The number of rotatable bonds is 7. The van der Waals surface area contributed by atoms with Crippen LogP contribution in [0.5, 0.6) is 0 Å². The summed E-state index contributed by atoms with van der Waals surface area (Å²) in [5.41, 5.74) is 2.13. The molecular formula is C21H31FN6. The van der Waals surface area contributed by atoms with Crippen molar-refractivity contribution in [1.29, 1.82) is 0 Å². The Hall–Kier alpha value is -2.44. The molecule has 0 saturated heterocycles. The van der Waals surface area contributed by atoms with E-state index in [0.717, 1.165) is 67.6 Å². The lowest BCUT2D eigenvalue weighted by molar-refractivity contribution is 0.604. The summed E-state index contributed by atoms with van der Waals surface area (Å²) < 4.78 is 15.5. The minimum absolute atomic E-state index is 0.185. The largest absolute Gasteiger partial charge is 0.357 e. The number of hydrogen-bond donors (Lipinski definition) is 2. The predicted octanol–water partition coefficient (Wildman–Crippen LogP) is 2.79. The van der Waals surface area contributed by atoms with Crippen molar-refractivity contribution in [1.82, 2.24) is 25.4 Å². The molecule has 152 valence electrons. The van der Waals surface area contributed by atoms with Crippen LogP contribution in [0.15, 0.2) is 23.2 Å². The normalized spacial score (nSPS) is 14.5. The smallest absolute Gasteiger partial charge is 0.191 e. The van der Waals surface area contributed by atoms with Crippen LogP contribution in [0.4, 0.5) is 4.39 Å². The van der Waals surface area contributed by atoms with Gasteiger partial charge in [-0.25, -0.2) is 4.39 Å². The molecular weight excluding hydrogens is 355 g/mol. The summed E-state index contributed by atoms with van der Waals surface area (Å²) in [5.74, 6) is 2.78. The van der Waals surface area contributed by atoms with E-state index in [1.54, 1.807) is 6.07 Å². The van der Waals surface area contributed by atoms with Gasteiger partial charge < -0.3 is 15.2 Å². The highest BCUT2D eigenvalue weighted by Crippen LogP contribution is 2.14.